The van der Waals surface area contributed by atoms with Crippen LogP contribution in [-0.4, -0.2) is 46.9 Å². The van der Waals surface area contributed by atoms with E-state index < -0.39 is 27.8 Å². The van der Waals surface area contributed by atoms with Crippen LogP contribution in [-0.2, 0) is 27.4 Å². The van der Waals surface area contributed by atoms with Gasteiger partial charge in [-0.2, -0.15) is 18.2 Å². The summed E-state index contributed by atoms with van der Waals surface area (Å²) in [5, 5.41) is 3.35. The number of aromatic nitrogens is 2. The third-order valence-corrected chi connectivity index (χ3v) is 6.90. The maximum Gasteiger partial charge on any atom is 0.471 e. The van der Waals surface area contributed by atoms with E-state index in [-0.39, 0.29) is 42.2 Å². The molecule has 1 aliphatic carbocycles. The molecule has 0 bridgehead atoms. The second kappa shape index (κ2) is 9.32. The zero-order chi connectivity index (χ0) is 23.5. The molecule has 0 aliphatic heterocycles. The monoisotopic (exact) mass is 469 g/mol. The van der Waals surface area contributed by atoms with Crippen LogP contribution in [0.2, 0.25) is 0 Å². The van der Waals surface area contributed by atoms with E-state index in [1.54, 1.807) is 17.0 Å². The predicted molar refractivity (Wildman–Crippen MR) is 110 cm³/mol. The minimum atomic E-state index is -4.73. The summed E-state index contributed by atoms with van der Waals surface area (Å²) in [5.74, 6) is -0.716. The predicted octanol–water partition coefficient (Wildman–Crippen LogP) is 3.32. The number of carbonyl (C=O) groups excluding carboxylic acids is 1. The molecule has 7 nitrogen and oxygen atoms in total. The van der Waals surface area contributed by atoms with Crippen molar-refractivity contribution in [1.29, 1.82) is 0 Å². The van der Waals surface area contributed by atoms with E-state index >= 15 is 0 Å². The third kappa shape index (κ3) is 5.88. The van der Waals surface area contributed by atoms with Crippen molar-refractivity contribution in [2.45, 2.75) is 44.9 Å². The summed E-state index contributed by atoms with van der Waals surface area (Å²) in [5.41, 5.74) is 1.06. The van der Waals surface area contributed by atoms with Gasteiger partial charge in [0.25, 0.3) is 0 Å². The molecule has 1 aliphatic rings. The molecule has 3 rings (SSSR count). The van der Waals surface area contributed by atoms with E-state index in [4.69, 9.17) is 6.42 Å². The van der Waals surface area contributed by atoms with Crippen molar-refractivity contribution in [2.75, 3.05) is 11.5 Å². The van der Waals surface area contributed by atoms with E-state index in [0.29, 0.717) is 5.56 Å². The van der Waals surface area contributed by atoms with Gasteiger partial charge in [0.15, 0.2) is 9.84 Å². The summed E-state index contributed by atoms with van der Waals surface area (Å²) in [6.07, 6.45) is 2.30. The fourth-order valence-electron chi connectivity index (χ4n) is 3.20. The van der Waals surface area contributed by atoms with Crippen LogP contribution in [0.5, 0.6) is 0 Å². The quantitative estimate of drug-likeness (QED) is 0.523. The van der Waals surface area contributed by atoms with E-state index in [0.717, 1.165) is 18.4 Å². The van der Waals surface area contributed by atoms with Gasteiger partial charge in [0.05, 0.1) is 11.7 Å². The maximum atomic E-state index is 13.1. The molecule has 1 atom stereocenters. The average Bonchev–Trinajstić information content (AvgIpc) is 3.45. The lowest BCUT2D eigenvalue weighted by Gasteiger charge is -2.27. The molecule has 1 fully saturated rings. The number of sulfone groups is 1. The van der Waals surface area contributed by atoms with Crippen molar-refractivity contribution in [2.24, 2.45) is 5.92 Å². The number of benzene rings is 1. The number of carbonyl (C=O) groups is 1. The second-order valence-corrected chi connectivity index (χ2v) is 10.0. The van der Waals surface area contributed by atoms with Gasteiger partial charge in [0.2, 0.25) is 11.7 Å². The van der Waals surface area contributed by atoms with Gasteiger partial charge in [-0.3, -0.25) is 4.79 Å². The summed E-state index contributed by atoms with van der Waals surface area (Å²) in [6, 6.07) is 6.40. The molecular weight excluding hydrogens is 447 g/mol. The van der Waals surface area contributed by atoms with Gasteiger partial charge in [0, 0.05) is 30.3 Å². The fraction of sp³-hybridized carbons (Fsp3) is 0.476. The van der Waals surface area contributed by atoms with Gasteiger partial charge in [-0.15, -0.1) is 12.3 Å². The van der Waals surface area contributed by atoms with Gasteiger partial charge in [-0.1, -0.05) is 36.3 Å². The summed E-state index contributed by atoms with van der Waals surface area (Å²) in [4.78, 5) is 18.1. The molecule has 0 spiro atoms. The van der Waals surface area contributed by atoms with Crippen molar-refractivity contribution >= 4 is 15.7 Å². The molecule has 11 heteroatoms. The van der Waals surface area contributed by atoms with Crippen molar-refractivity contribution in [1.82, 2.24) is 15.0 Å². The van der Waals surface area contributed by atoms with Gasteiger partial charge >= 0.3 is 12.1 Å². The number of nitrogens with zero attached hydrogens (tertiary/aromatic N) is 3. The summed E-state index contributed by atoms with van der Waals surface area (Å²) >= 11 is 0. The van der Waals surface area contributed by atoms with Crippen LogP contribution < -0.4 is 0 Å². The number of hydrogen-bond donors (Lipinski definition) is 0. The Morgan fingerprint density at radius 1 is 1.31 bits per heavy atom. The topological polar surface area (TPSA) is 93.4 Å². The van der Waals surface area contributed by atoms with Crippen LogP contribution >= 0.6 is 0 Å². The Hall–Kier alpha value is -2.87. The van der Waals surface area contributed by atoms with E-state index in [1.807, 2.05) is 0 Å². The molecule has 1 amide bonds. The van der Waals surface area contributed by atoms with Gasteiger partial charge < -0.3 is 9.42 Å². The minimum Gasteiger partial charge on any atom is -0.335 e. The maximum absolute atomic E-state index is 13.1. The molecule has 0 saturated heterocycles. The SMILES string of the molecule is C#CCC(CS(=O)(=O)CC)C(=O)N(Cc1ccc(-c2noc(C(F)(F)F)n2)cc1)C1CC1. The highest BCUT2D eigenvalue weighted by atomic mass is 32.2. The van der Waals surface area contributed by atoms with E-state index in [1.165, 1.54) is 19.1 Å². The van der Waals surface area contributed by atoms with E-state index in [2.05, 4.69) is 20.6 Å². The van der Waals surface area contributed by atoms with Crippen molar-refractivity contribution in [3.05, 3.63) is 35.7 Å². The number of hydrogen-bond acceptors (Lipinski definition) is 6. The normalized spacial score (nSPS) is 15.2. The minimum absolute atomic E-state index is 0.0123. The first kappa shape index (κ1) is 23.8. The number of alkyl halides is 3. The molecule has 1 aromatic heterocycles. The molecular formula is C21H22F3N3O4S. The lowest BCUT2D eigenvalue weighted by atomic mass is 10.1. The molecule has 32 heavy (non-hydrogen) atoms. The molecule has 0 N–H and O–H groups in total. The van der Waals surface area contributed by atoms with Crippen LogP contribution in [0.4, 0.5) is 13.2 Å². The third-order valence-electron chi connectivity index (χ3n) is 5.11. The Labute approximate surface area is 183 Å². The standard InChI is InChI=1S/C21H22F3N3O4S/c1-3-5-16(13-32(29,30)4-2)19(28)27(17-10-11-17)12-14-6-8-15(9-7-14)18-25-20(31-26-18)21(22,23)24/h1,6-9,16-17H,4-5,10-13H2,2H3. The lowest BCUT2D eigenvalue weighted by molar-refractivity contribution is -0.159. The Kier molecular flexibility index (Phi) is 6.93. The number of rotatable bonds is 9. The van der Waals surface area contributed by atoms with Crippen LogP contribution in [0.3, 0.4) is 0 Å². The van der Waals surface area contributed by atoms with Crippen molar-refractivity contribution < 1.29 is 30.9 Å². The highest BCUT2D eigenvalue weighted by Gasteiger charge is 2.39. The lowest BCUT2D eigenvalue weighted by Crippen LogP contribution is -2.40. The summed E-state index contributed by atoms with van der Waals surface area (Å²) in [6.45, 7) is 1.76. The van der Waals surface area contributed by atoms with Crippen LogP contribution in [0.15, 0.2) is 28.8 Å². The highest BCUT2D eigenvalue weighted by Crippen LogP contribution is 2.32. The second-order valence-electron chi connectivity index (χ2n) is 7.62. The van der Waals surface area contributed by atoms with Gasteiger partial charge in [-0.05, 0) is 18.4 Å². The Balaban J connectivity index is 1.75. The summed E-state index contributed by atoms with van der Waals surface area (Å²) in [7, 11) is -3.39. The Bertz CT molecular complexity index is 1100. The fourth-order valence-corrected chi connectivity index (χ4v) is 4.31. The van der Waals surface area contributed by atoms with Crippen LogP contribution in [0, 0.1) is 18.3 Å². The van der Waals surface area contributed by atoms with Gasteiger partial charge in [-0.25, -0.2) is 8.42 Å². The first-order valence-corrected chi connectivity index (χ1v) is 11.8. The molecule has 1 heterocycles. The first-order valence-electron chi connectivity index (χ1n) is 9.98. The molecule has 1 aromatic carbocycles. The number of terminal acetylenes is 1. The van der Waals surface area contributed by atoms with Crippen molar-refractivity contribution in [3.8, 4) is 23.7 Å². The van der Waals surface area contributed by atoms with Gasteiger partial charge in [0.1, 0.15) is 0 Å². The zero-order valence-electron chi connectivity index (χ0n) is 17.3. The average molecular weight is 469 g/mol. The number of halogens is 3. The summed E-state index contributed by atoms with van der Waals surface area (Å²) < 4.78 is 66.3. The Morgan fingerprint density at radius 3 is 2.47 bits per heavy atom. The Morgan fingerprint density at radius 2 is 1.97 bits per heavy atom. The molecule has 172 valence electrons. The molecule has 1 saturated carbocycles. The molecule has 2 aromatic rings. The smallest absolute Gasteiger partial charge is 0.335 e. The van der Waals surface area contributed by atoms with Crippen molar-refractivity contribution in [3.63, 3.8) is 0 Å². The van der Waals surface area contributed by atoms with E-state index in [9.17, 15) is 26.4 Å². The highest BCUT2D eigenvalue weighted by molar-refractivity contribution is 7.91. The largest absolute Gasteiger partial charge is 0.471 e. The number of amides is 1. The first-order chi connectivity index (χ1) is 15.0. The molecule has 1 unspecified atom stereocenters. The van der Waals surface area contributed by atoms with Crippen LogP contribution in [0.1, 0.15) is 37.6 Å². The molecule has 0 radical (unpaired) electrons. The zero-order valence-corrected chi connectivity index (χ0v) is 18.1. The van der Waals surface area contributed by atoms with Crippen LogP contribution in [0.25, 0.3) is 11.4 Å².